The third-order valence-corrected chi connectivity index (χ3v) is 5.60. The first kappa shape index (κ1) is 20.6. The molecule has 2 aliphatic rings. The molecule has 2 heterocycles. The number of fused-ring (bicyclic) bond motifs is 2. The van der Waals surface area contributed by atoms with Crippen molar-refractivity contribution in [1.29, 1.82) is 0 Å². The van der Waals surface area contributed by atoms with Crippen LogP contribution in [0.3, 0.4) is 0 Å². The van der Waals surface area contributed by atoms with Crippen molar-refractivity contribution in [3.05, 3.63) is 35.4 Å². The van der Waals surface area contributed by atoms with Gasteiger partial charge in [-0.15, -0.1) is 0 Å². The van der Waals surface area contributed by atoms with Crippen molar-refractivity contribution in [2.45, 2.75) is 77.2 Å². The van der Waals surface area contributed by atoms with Gasteiger partial charge in [-0.05, 0) is 70.9 Å². The van der Waals surface area contributed by atoms with E-state index in [1.165, 1.54) is 0 Å². The number of carbonyl (C=O) groups is 2. The summed E-state index contributed by atoms with van der Waals surface area (Å²) in [6.07, 6.45) is 2.23. The molecule has 1 aromatic carbocycles. The van der Waals surface area contributed by atoms with Crippen LogP contribution >= 0.6 is 0 Å². The number of benzene rings is 1. The van der Waals surface area contributed by atoms with Crippen molar-refractivity contribution in [2.75, 3.05) is 6.61 Å². The van der Waals surface area contributed by atoms with Gasteiger partial charge in [-0.25, -0.2) is 9.59 Å². The molecule has 6 heteroatoms. The fourth-order valence-electron chi connectivity index (χ4n) is 4.49. The van der Waals surface area contributed by atoms with Crippen molar-refractivity contribution in [2.24, 2.45) is 5.92 Å². The fourth-order valence-corrected chi connectivity index (χ4v) is 4.49. The SMILES string of the molecule is CCOC(=O)c1ccccc1C(O)C1CC2CCC(C1)N2C(=O)OC(C)(C)C. The molecule has 154 valence electrons. The maximum atomic E-state index is 12.6. The van der Waals surface area contributed by atoms with Gasteiger partial charge in [-0.2, -0.15) is 0 Å². The predicted octanol–water partition coefficient (Wildman–Crippen LogP) is 4.07. The van der Waals surface area contributed by atoms with Gasteiger partial charge in [0.1, 0.15) is 5.60 Å². The van der Waals surface area contributed by atoms with E-state index >= 15 is 0 Å². The smallest absolute Gasteiger partial charge is 0.410 e. The van der Waals surface area contributed by atoms with Crippen LogP contribution in [0, 0.1) is 5.92 Å². The van der Waals surface area contributed by atoms with Crippen molar-refractivity contribution in [3.63, 3.8) is 0 Å². The largest absolute Gasteiger partial charge is 0.462 e. The highest BCUT2D eigenvalue weighted by Gasteiger charge is 2.46. The van der Waals surface area contributed by atoms with Crippen LogP contribution in [0.25, 0.3) is 0 Å². The van der Waals surface area contributed by atoms with E-state index in [1.807, 2.05) is 31.7 Å². The topological polar surface area (TPSA) is 76.1 Å². The molecule has 0 aromatic heterocycles. The molecule has 1 N–H and O–H groups in total. The number of piperidine rings is 1. The summed E-state index contributed by atoms with van der Waals surface area (Å²) in [5, 5.41) is 11.1. The Labute approximate surface area is 166 Å². The molecule has 2 saturated heterocycles. The van der Waals surface area contributed by atoms with Gasteiger partial charge in [-0.1, -0.05) is 18.2 Å². The Balaban J connectivity index is 1.75. The highest BCUT2D eigenvalue weighted by Crippen LogP contribution is 2.44. The van der Waals surface area contributed by atoms with Crippen LogP contribution in [0.15, 0.2) is 24.3 Å². The zero-order valence-corrected chi connectivity index (χ0v) is 17.2. The number of hydrogen-bond acceptors (Lipinski definition) is 5. The Morgan fingerprint density at radius 3 is 2.36 bits per heavy atom. The summed E-state index contributed by atoms with van der Waals surface area (Å²) < 4.78 is 10.7. The molecule has 0 spiro atoms. The van der Waals surface area contributed by atoms with Crippen molar-refractivity contribution in [1.82, 2.24) is 4.90 Å². The molecule has 1 amide bonds. The minimum atomic E-state index is -0.760. The first-order chi connectivity index (χ1) is 13.2. The molecule has 3 rings (SSSR count). The highest BCUT2D eigenvalue weighted by atomic mass is 16.6. The average molecular weight is 389 g/mol. The van der Waals surface area contributed by atoms with E-state index < -0.39 is 17.7 Å². The summed E-state index contributed by atoms with van der Waals surface area (Å²) in [5.41, 5.74) is 0.501. The van der Waals surface area contributed by atoms with Crippen LogP contribution in [0.4, 0.5) is 4.79 Å². The van der Waals surface area contributed by atoms with E-state index in [4.69, 9.17) is 9.47 Å². The van der Waals surface area contributed by atoms with Gasteiger partial charge in [0.25, 0.3) is 0 Å². The lowest BCUT2D eigenvalue weighted by atomic mass is 9.82. The third-order valence-electron chi connectivity index (χ3n) is 5.60. The Hall–Kier alpha value is -2.08. The molecule has 2 bridgehead atoms. The molecule has 0 saturated carbocycles. The number of aliphatic hydroxyl groups is 1. The standard InChI is InChI=1S/C22H31NO5/c1-5-27-20(25)18-9-7-6-8-17(18)19(24)14-12-15-10-11-16(13-14)23(15)21(26)28-22(2,3)4/h6-9,14-16,19,24H,5,10-13H2,1-4H3. The quantitative estimate of drug-likeness (QED) is 0.786. The van der Waals surface area contributed by atoms with Crippen LogP contribution in [-0.2, 0) is 9.47 Å². The number of rotatable bonds is 4. The molecule has 6 nitrogen and oxygen atoms in total. The number of amides is 1. The van der Waals surface area contributed by atoms with Gasteiger partial charge in [0, 0.05) is 12.1 Å². The molecular weight excluding hydrogens is 358 g/mol. The van der Waals surface area contributed by atoms with Crippen LogP contribution in [0.5, 0.6) is 0 Å². The van der Waals surface area contributed by atoms with Crippen LogP contribution < -0.4 is 0 Å². The molecule has 0 aliphatic carbocycles. The number of ether oxygens (including phenoxy) is 2. The van der Waals surface area contributed by atoms with E-state index in [0.717, 1.165) is 12.8 Å². The van der Waals surface area contributed by atoms with Crippen LogP contribution in [-0.4, -0.2) is 46.4 Å². The average Bonchev–Trinajstić information content (AvgIpc) is 2.90. The van der Waals surface area contributed by atoms with Gasteiger partial charge in [0.15, 0.2) is 0 Å². The summed E-state index contributed by atoms with van der Waals surface area (Å²) in [4.78, 5) is 26.7. The number of aliphatic hydroxyl groups excluding tert-OH is 1. The minimum absolute atomic E-state index is 0.00763. The summed E-state index contributed by atoms with van der Waals surface area (Å²) >= 11 is 0. The maximum absolute atomic E-state index is 12.6. The highest BCUT2D eigenvalue weighted by molar-refractivity contribution is 5.91. The fraction of sp³-hybridized carbons (Fsp3) is 0.636. The lowest BCUT2D eigenvalue weighted by molar-refractivity contribution is -0.0134. The Morgan fingerprint density at radius 2 is 1.79 bits per heavy atom. The van der Waals surface area contributed by atoms with Crippen molar-refractivity contribution < 1.29 is 24.2 Å². The number of carbonyl (C=O) groups excluding carboxylic acids is 2. The zero-order chi connectivity index (χ0) is 20.5. The number of nitrogens with zero attached hydrogens (tertiary/aromatic N) is 1. The zero-order valence-electron chi connectivity index (χ0n) is 17.2. The molecule has 0 radical (unpaired) electrons. The lowest BCUT2D eigenvalue weighted by Crippen LogP contribution is -2.49. The van der Waals surface area contributed by atoms with Crippen molar-refractivity contribution >= 4 is 12.1 Å². The Bertz CT molecular complexity index is 712. The summed E-state index contributed by atoms with van der Waals surface area (Å²) in [6, 6.07) is 7.23. The van der Waals surface area contributed by atoms with Crippen LogP contribution in [0.1, 0.15) is 75.4 Å². The Morgan fingerprint density at radius 1 is 1.18 bits per heavy atom. The molecule has 1 aromatic rings. The van der Waals surface area contributed by atoms with E-state index in [2.05, 4.69) is 0 Å². The minimum Gasteiger partial charge on any atom is -0.462 e. The molecule has 3 unspecified atom stereocenters. The first-order valence-electron chi connectivity index (χ1n) is 10.2. The second-order valence-corrected chi connectivity index (χ2v) is 8.76. The second kappa shape index (κ2) is 8.11. The van der Waals surface area contributed by atoms with Gasteiger partial charge in [-0.3, -0.25) is 0 Å². The van der Waals surface area contributed by atoms with E-state index in [9.17, 15) is 14.7 Å². The van der Waals surface area contributed by atoms with Crippen molar-refractivity contribution in [3.8, 4) is 0 Å². The molecule has 28 heavy (non-hydrogen) atoms. The molecule has 2 aliphatic heterocycles. The third kappa shape index (κ3) is 4.32. The monoisotopic (exact) mass is 389 g/mol. The molecule has 3 atom stereocenters. The van der Waals surface area contributed by atoms with E-state index in [0.29, 0.717) is 30.6 Å². The van der Waals surface area contributed by atoms with E-state index in [1.54, 1.807) is 25.1 Å². The van der Waals surface area contributed by atoms with Gasteiger partial charge in [0.2, 0.25) is 0 Å². The van der Waals surface area contributed by atoms with E-state index in [-0.39, 0.29) is 24.1 Å². The maximum Gasteiger partial charge on any atom is 0.410 e. The first-order valence-corrected chi connectivity index (χ1v) is 10.2. The van der Waals surface area contributed by atoms with Gasteiger partial charge >= 0.3 is 12.1 Å². The lowest BCUT2D eigenvalue weighted by Gasteiger charge is -2.41. The summed E-state index contributed by atoms with van der Waals surface area (Å²) in [5.74, 6) is -0.418. The number of hydrogen-bond donors (Lipinski definition) is 1. The predicted molar refractivity (Wildman–Crippen MR) is 105 cm³/mol. The van der Waals surface area contributed by atoms with Crippen LogP contribution in [0.2, 0.25) is 0 Å². The number of esters is 1. The summed E-state index contributed by atoms with van der Waals surface area (Å²) in [7, 11) is 0. The Kier molecular flexibility index (Phi) is 5.98. The van der Waals surface area contributed by atoms with Gasteiger partial charge < -0.3 is 19.5 Å². The van der Waals surface area contributed by atoms with Gasteiger partial charge in [0.05, 0.1) is 18.3 Å². The second-order valence-electron chi connectivity index (χ2n) is 8.76. The summed E-state index contributed by atoms with van der Waals surface area (Å²) in [6.45, 7) is 7.67. The molecular formula is C22H31NO5. The molecule has 2 fully saturated rings. The normalized spacial score (nSPS) is 25.3.